The molecule has 1 saturated heterocycles. The van der Waals surface area contributed by atoms with Gasteiger partial charge in [-0.05, 0) is 56.3 Å². The van der Waals surface area contributed by atoms with Gasteiger partial charge in [-0.1, -0.05) is 25.5 Å². The highest BCUT2D eigenvalue weighted by Crippen LogP contribution is 2.48. The molecule has 3 unspecified atom stereocenters. The molecule has 3 atom stereocenters. The van der Waals surface area contributed by atoms with Gasteiger partial charge in [-0.3, -0.25) is 4.79 Å². The molecule has 1 aliphatic carbocycles. The molecule has 1 aromatic carbocycles. The molecule has 27 heavy (non-hydrogen) atoms. The molecular weight excluding hydrogens is 340 g/mol. The average Bonchev–Trinajstić information content (AvgIpc) is 2.69. The van der Waals surface area contributed by atoms with Crippen LogP contribution in [0.25, 0.3) is 0 Å². The fourth-order valence-electron chi connectivity index (χ4n) is 5.27. The zero-order valence-corrected chi connectivity index (χ0v) is 16.9. The lowest BCUT2D eigenvalue weighted by Gasteiger charge is -2.50. The van der Waals surface area contributed by atoms with Crippen LogP contribution in [0.2, 0.25) is 0 Å². The summed E-state index contributed by atoms with van der Waals surface area (Å²) in [6.45, 7) is 4.98. The minimum Gasteiger partial charge on any atom is -0.381 e. The molecule has 1 amide bonds. The summed E-state index contributed by atoms with van der Waals surface area (Å²) in [5, 5.41) is 0. The van der Waals surface area contributed by atoms with Gasteiger partial charge in [0.05, 0.1) is 5.60 Å². The molecule has 0 spiro atoms. The van der Waals surface area contributed by atoms with Gasteiger partial charge in [0, 0.05) is 44.4 Å². The largest absolute Gasteiger partial charge is 0.381 e. The van der Waals surface area contributed by atoms with Crippen LogP contribution in [0.3, 0.4) is 0 Å². The number of primary amides is 1. The molecule has 150 valence electrons. The molecule has 0 radical (unpaired) electrons. The first-order chi connectivity index (χ1) is 13.0. The molecule has 2 fully saturated rings. The van der Waals surface area contributed by atoms with Crippen molar-refractivity contribution < 1.29 is 14.3 Å². The van der Waals surface area contributed by atoms with Crippen molar-refractivity contribution in [1.29, 1.82) is 0 Å². The van der Waals surface area contributed by atoms with E-state index >= 15 is 0 Å². The molecule has 1 saturated carbocycles. The number of hydrogen-bond donors (Lipinski definition) is 1. The van der Waals surface area contributed by atoms with Crippen LogP contribution in [0.5, 0.6) is 0 Å². The number of carbonyl (C=O) groups excluding carboxylic acids is 1. The first-order valence-corrected chi connectivity index (χ1v) is 10.2. The maximum Gasteiger partial charge on any atom is 0.248 e. The molecule has 2 N–H and O–H groups in total. The monoisotopic (exact) mass is 374 g/mol. The Kier molecular flexibility index (Phi) is 6.56. The standard InChI is InChI=1S/C22H34N2O3/c1-16-6-4-9-19(15-24(2)20-10-12-27-13-11-20)22(16,26-3)18-8-5-7-17(14-18)21(23)25/h5,7-8,14,16,19-20H,4,6,9-13,15H2,1-3H3,(H2,23,25). The molecule has 1 aromatic rings. The fourth-order valence-corrected chi connectivity index (χ4v) is 5.27. The van der Waals surface area contributed by atoms with Gasteiger partial charge in [0.25, 0.3) is 0 Å². The number of methoxy groups -OCH3 is 1. The van der Waals surface area contributed by atoms with Gasteiger partial charge in [0.15, 0.2) is 0 Å². The van der Waals surface area contributed by atoms with Crippen LogP contribution in [-0.4, -0.2) is 50.8 Å². The third-order valence-electron chi connectivity index (χ3n) is 6.79. The van der Waals surface area contributed by atoms with Crippen molar-refractivity contribution in [2.75, 3.05) is 33.9 Å². The minimum atomic E-state index is -0.387. The predicted octanol–water partition coefficient (Wildman–Crippen LogP) is 3.17. The van der Waals surface area contributed by atoms with Crippen molar-refractivity contribution in [1.82, 2.24) is 4.90 Å². The van der Waals surface area contributed by atoms with E-state index in [1.54, 1.807) is 6.07 Å². The Morgan fingerprint density at radius 3 is 2.70 bits per heavy atom. The van der Waals surface area contributed by atoms with E-state index in [2.05, 4.69) is 24.9 Å². The van der Waals surface area contributed by atoms with Crippen LogP contribution in [0, 0.1) is 11.8 Å². The van der Waals surface area contributed by atoms with Crippen molar-refractivity contribution in [2.45, 2.75) is 50.7 Å². The average molecular weight is 375 g/mol. The zero-order chi connectivity index (χ0) is 19.4. The van der Waals surface area contributed by atoms with Crippen molar-refractivity contribution >= 4 is 5.91 Å². The van der Waals surface area contributed by atoms with E-state index in [1.165, 1.54) is 6.42 Å². The van der Waals surface area contributed by atoms with Crippen molar-refractivity contribution in [3.05, 3.63) is 35.4 Å². The maximum atomic E-state index is 11.7. The van der Waals surface area contributed by atoms with Gasteiger partial charge >= 0.3 is 0 Å². The molecule has 5 heteroatoms. The number of nitrogens with two attached hydrogens (primary N) is 1. The van der Waals surface area contributed by atoms with Gasteiger partial charge in [-0.15, -0.1) is 0 Å². The summed E-state index contributed by atoms with van der Waals surface area (Å²) in [6.07, 6.45) is 5.67. The summed E-state index contributed by atoms with van der Waals surface area (Å²) in [6, 6.07) is 8.32. The lowest BCUT2D eigenvalue weighted by Crippen LogP contribution is -2.51. The van der Waals surface area contributed by atoms with Gasteiger partial charge < -0.3 is 20.1 Å². The highest BCUT2D eigenvalue weighted by Gasteiger charge is 2.48. The summed E-state index contributed by atoms with van der Waals surface area (Å²) in [4.78, 5) is 14.2. The van der Waals surface area contributed by atoms with Crippen LogP contribution in [0.4, 0.5) is 0 Å². The summed E-state index contributed by atoms with van der Waals surface area (Å²) < 4.78 is 11.8. The molecule has 1 aliphatic heterocycles. The third kappa shape index (κ3) is 4.05. The lowest BCUT2D eigenvalue weighted by molar-refractivity contribution is -0.134. The Hall–Kier alpha value is -1.43. The Balaban J connectivity index is 1.90. The highest BCUT2D eigenvalue weighted by molar-refractivity contribution is 5.92. The second kappa shape index (κ2) is 8.72. The van der Waals surface area contributed by atoms with Crippen LogP contribution >= 0.6 is 0 Å². The van der Waals surface area contributed by atoms with Gasteiger partial charge in [-0.2, -0.15) is 0 Å². The summed E-state index contributed by atoms with van der Waals surface area (Å²) in [7, 11) is 4.05. The van der Waals surface area contributed by atoms with E-state index in [-0.39, 0.29) is 11.5 Å². The summed E-state index contributed by atoms with van der Waals surface area (Å²) in [5.74, 6) is 0.372. The van der Waals surface area contributed by atoms with Crippen molar-refractivity contribution in [2.24, 2.45) is 17.6 Å². The smallest absolute Gasteiger partial charge is 0.248 e. The van der Waals surface area contributed by atoms with E-state index in [4.69, 9.17) is 15.2 Å². The van der Waals surface area contributed by atoms with Crippen molar-refractivity contribution in [3.8, 4) is 0 Å². The highest BCUT2D eigenvalue weighted by atomic mass is 16.5. The zero-order valence-electron chi connectivity index (χ0n) is 16.9. The maximum absolute atomic E-state index is 11.7. The number of rotatable bonds is 6. The second-order valence-electron chi connectivity index (χ2n) is 8.25. The van der Waals surface area contributed by atoms with E-state index < -0.39 is 0 Å². The van der Waals surface area contributed by atoms with Crippen molar-refractivity contribution in [3.63, 3.8) is 0 Å². The number of ether oxygens (including phenoxy) is 2. The SMILES string of the molecule is COC1(c2cccc(C(N)=O)c2)C(C)CCCC1CN(C)C1CCOCC1. The van der Waals surface area contributed by atoms with Crippen LogP contribution < -0.4 is 5.73 Å². The lowest BCUT2D eigenvalue weighted by atomic mass is 9.65. The topological polar surface area (TPSA) is 64.8 Å². The molecule has 2 aliphatic rings. The van der Waals surface area contributed by atoms with Gasteiger partial charge in [0.1, 0.15) is 0 Å². The summed E-state index contributed by atoms with van der Waals surface area (Å²) in [5.41, 5.74) is 6.79. The Morgan fingerprint density at radius 2 is 2.04 bits per heavy atom. The Labute approximate surface area is 163 Å². The van der Waals surface area contributed by atoms with E-state index in [9.17, 15) is 4.79 Å². The number of benzene rings is 1. The minimum absolute atomic E-state index is 0.377. The van der Waals surface area contributed by atoms with E-state index in [1.807, 2.05) is 19.2 Å². The van der Waals surface area contributed by atoms with Crippen LogP contribution in [0.1, 0.15) is 54.9 Å². The van der Waals surface area contributed by atoms with Gasteiger partial charge in [-0.25, -0.2) is 0 Å². The Bertz CT molecular complexity index is 644. The first-order valence-electron chi connectivity index (χ1n) is 10.2. The molecule has 5 nitrogen and oxygen atoms in total. The number of hydrogen-bond acceptors (Lipinski definition) is 4. The Morgan fingerprint density at radius 1 is 1.30 bits per heavy atom. The number of amides is 1. The normalized spacial score (nSPS) is 29.8. The van der Waals surface area contributed by atoms with Crippen LogP contribution in [0.15, 0.2) is 24.3 Å². The number of nitrogens with zero attached hydrogens (tertiary/aromatic N) is 1. The molecular formula is C22H34N2O3. The molecule has 3 rings (SSSR count). The van der Waals surface area contributed by atoms with E-state index in [0.717, 1.165) is 51.0 Å². The van der Waals surface area contributed by atoms with Crippen LogP contribution in [-0.2, 0) is 15.1 Å². The quantitative estimate of drug-likeness (QED) is 0.831. The first kappa shape index (κ1) is 20.3. The predicted molar refractivity (Wildman–Crippen MR) is 107 cm³/mol. The summed E-state index contributed by atoms with van der Waals surface area (Å²) >= 11 is 0. The molecule has 0 bridgehead atoms. The van der Waals surface area contributed by atoms with Gasteiger partial charge in [0.2, 0.25) is 5.91 Å². The molecule has 1 heterocycles. The third-order valence-corrected chi connectivity index (χ3v) is 6.79. The number of carbonyl (C=O) groups is 1. The fraction of sp³-hybridized carbons (Fsp3) is 0.682. The van der Waals surface area contributed by atoms with E-state index in [0.29, 0.717) is 23.4 Å². The second-order valence-corrected chi connectivity index (χ2v) is 8.25. The molecule has 0 aromatic heterocycles.